The normalized spacial score (nSPS) is 9.08. The molecule has 0 aromatic heterocycles. The molecule has 0 spiro atoms. The van der Waals surface area contributed by atoms with Crippen molar-refractivity contribution in [1.29, 1.82) is 5.26 Å². The highest BCUT2D eigenvalue weighted by atomic mass is 16.5. The molecule has 0 fully saturated rings. The molecule has 2 nitrogen and oxygen atoms in total. The Morgan fingerprint density at radius 3 is 2.92 bits per heavy atom. The number of rotatable bonds is 2. The molecule has 0 saturated heterocycles. The van der Waals surface area contributed by atoms with Gasteiger partial charge in [0.25, 0.3) is 0 Å². The molecule has 61 valence electrons. The molecule has 0 unspecified atom stereocenters. The van der Waals surface area contributed by atoms with E-state index < -0.39 is 0 Å². The Labute approximate surface area is 72.4 Å². The molecule has 1 aromatic carbocycles. The van der Waals surface area contributed by atoms with Crippen LogP contribution < -0.4 is 4.74 Å². The molecule has 0 aliphatic heterocycles. The quantitative estimate of drug-likeness (QED) is 0.664. The molecular weight excluding hydrogens is 150 g/mol. The van der Waals surface area contributed by atoms with Gasteiger partial charge in [-0.2, -0.15) is 5.26 Å². The summed E-state index contributed by atoms with van der Waals surface area (Å²) in [5.41, 5.74) is 1.24. The molecule has 12 heavy (non-hydrogen) atoms. The molecule has 0 aliphatic rings. The summed E-state index contributed by atoms with van der Waals surface area (Å²) in [5, 5.41) is 8.76. The number of benzene rings is 1. The summed E-state index contributed by atoms with van der Waals surface area (Å²) >= 11 is 0. The van der Waals surface area contributed by atoms with E-state index in [0.717, 1.165) is 0 Å². The van der Waals surface area contributed by atoms with E-state index in [4.69, 9.17) is 10.00 Å². The number of nitriles is 1. The molecule has 0 heterocycles. The fourth-order valence-corrected chi connectivity index (χ4v) is 0.979. The van der Waals surface area contributed by atoms with E-state index in [-0.39, 0.29) is 0 Å². The first-order valence-corrected chi connectivity index (χ1v) is 3.77. The predicted molar refractivity (Wildman–Crippen MR) is 46.8 cm³/mol. The Morgan fingerprint density at radius 1 is 1.58 bits per heavy atom. The van der Waals surface area contributed by atoms with Gasteiger partial charge in [-0.05, 0) is 25.5 Å². The molecule has 0 N–H and O–H groups in total. The fourth-order valence-electron chi connectivity index (χ4n) is 0.979. The van der Waals surface area contributed by atoms with Gasteiger partial charge in [0, 0.05) is 0 Å². The van der Waals surface area contributed by atoms with Crippen molar-refractivity contribution in [2.45, 2.75) is 6.92 Å². The van der Waals surface area contributed by atoms with E-state index in [2.05, 4.69) is 13.0 Å². The first kappa shape index (κ1) is 8.61. The number of ether oxygens (including phenoxy) is 1. The molecule has 0 aliphatic carbocycles. The fraction of sp³-hybridized carbons (Fsp3) is 0.200. The zero-order valence-corrected chi connectivity index (χ0v) is 7.00. The van der Waals surface area contributed by atoms with Crippen LogP contribution in [0.4, 0.5) is 0 Å². The summed E-state index contributed by atoms with van der Waals surface area (Å²) in [6, 6.07) is 7.46. The zero-order valence-electron chi connectivity index (χ0n) is 7.00. The molecule has 1 aromatic rings. The van der Waals surface area contributed by atoms with E-state index in [1.165, 1.54) is 0 Å². The average molecular weight is 160 g/mol. The van der Waals surface area contributed by atoms with Crippen LogP contribution in [0.1, 0.15) is 18.1 Å². The first-order chi connectivity index (χ1) is 5.79. The second-order valence-corrected chi connectivity index (χ2v) is 2.34. The van der Waals surface area contributed by atoms with Gasteiger partial charge in [0.1, 0.15) is 11.8 Å². The summed E-state index contributed by atoms with van der Waals surface area (Å²) in [6.45, 7) is 6.19. The van der Waals surface area contributed by atoms with Crippen LogP contribution in [0.5, 0.6) is 5.75 Å². The van der Waals surface area contributed by atoms with Gasteiger partial charge in [0.15, 0.2) is 0 Å². The van der Waals surface area contributed by atoms with Gasteiger partial charge in [-0.25, -0.2) is 0 Å². The molecule has 0 saturated carbocycles. The summed E-state index contributed by atoms with van der Waals surface area (Å²) < 4.78 is 5.25. The summed E-state index contributed by atoms with van der Waals surface area (Å²) in [6.07, 6.45) is 0. The van der Waals surface area contributed by atoms with Crippen LogP contribution in [0.15, 0.2) is 18.2 Å². The predicted octanol–water partition coefficient (Wildman–Crippen LogP) is 2.14. The summed E-state index contributed by atoms with van der Waals surface area (Å²) in [4.78, 5) is 0. The third kappa shape index (κ3) is 1.57. The standard InChI is InChI=1S/C10H10NO/c1-3-12-10-6-4-5-8(2)9(10)7-11/h4-6H,2-3H2,1H3. The van der Waals surface area contributed by atoms with E-state index in [1.54, 1.807) is 12.1 Å². The summed E-state index contributed by atoms with van der Waals surface area (Å²) in [7, 11) is 0. The van der Waals surface area contributed by atoms with Gasteiger partial charge in [-0.3, -0.25) is 0 Å². The van der Waals surface area contributed by atoms with Crippen LogP contribution in [0, 0.1) is 18.3 Å². The van der Waals surface area contributed by atoms with Gasteiger partial charge in [0.05, 0.1) is 12.2 Å². The summed E-state index contributed by atoms with van der Waals surface area (Å²) in [5.74, 6) is 0.618. The van der Waals surface area contributed by atoms with Crippen molar-refractivity contribution < 1.29 is 4.74 Å². The molecule has 2 heteroatoms. The Balaban J connectivity index is 3.11. The Bertz CT molecular complexity index is 312. The van der Waals surface area contributed by atoms with E-state index >= 15 is 0 Å². The third-order valence-electron chi connectivity index (χ3n) is 1.52. The maximum Gasteiger partial charge on any atom is 0.137 e. The van der Waals surface area contributed by atoms with Crippen molar-refractivity contribution >= 4 is 0 Å². The maximum absolute atomic E-state index is 8.76. The van der Waals surface area contributed by atoms with Crippen LogP contribution in [0.2, 0.25) is 0 Å². The second-order valence-electron chi connectivity index (χ2n) is 2.34. The lowest BCUT2D eigenvalue weighted by Crippen LogP contribution is -1.95. The highest BCUT2D eigenvalue weighted by molar-refractivity contribution is 5.49. The van der Waals surface area contributed by atoms with Crippen LogP contribution in [-0.4, -0.2) is 6.61 Å². The van der Waals surface area contributed by atoms with Gasteiger partial charge in [-0.1, -0.05) is 12.1 Å². The molecule has 0 atom stereocenters. The van der Waals surface area contributed by atoms with Crippen molar-refractivity contribution in [2.75, 3.05) is 6.61 Å². The highest BCUT2D eigenvalue weighted by Gasteiger charge is 2.03. The van der Waals surface area contributed by atoms with Crippen molar-refractivity contribution in [2.24, 2.45) is 0 Å². The largest absolute Gasteiger partial charge is 0.492 e. The van der Waals surface area contributed by atoms with Crippen molar-refractivity contribution in [3.05, 3.63) is 36.2 Å². The topological polar surface area (TPSA) is 33.0 Å². The number of nitrogens with zero attached hydrogens (tertiary/aromatic N) is 1. The van der Waals surface area contributed by atoms with Gasteiger partial charge < -0.3 is 4.74 Å². The molecule has 0 bridgehead atoms. The Hall–Kier alpha value is -1.49. The van der Waals surface area contributed by atoms with E-state index in [9.17, 15) is 0 Å². The van der Waals surface area contributed by atoms with E-state index in [0.29, 0.717) is 23.5 Å². The van der Waals surface area contributed by atoms with Gasteiger partial charge in [0.2, 0.25) is 0 Å². The smallest absolute Gasteiger partial charge is 0.137 e. The molecular formula is C10H10NO. The average Bonchev–Trinajstić information content (AvgIpc) is 2.05. The Kier molecular flexibility index (Phi) is 2.71. The van der Waals surface area contributed by atoms with Crippen molar-refractivity contribution in [3.8, 4) is 11.8 Å². The van der Waals surface area contributed by atoms with Crippen LogP contribution in [-0.2, 0) is 0 Å². The number of hydrogen-bond acceptors (Lipinski definition) is 2. The number of hydrogen-bond donors (Lipinski definition) is 0. The van der Waals surface area contributed by atoms with E-state index in [1.807, 2.05) is 13.0 Å². The lowest BCUT2D eigenvalue weighted by atomic mass is 10.1. The second kappa shape index (κ2) is 3.77. The monoisotopic (exact) mass is 160 g/mol. The zero-order chi connectivity index (χ0) is 8.97. The van der Waals surface area contributed by atoms with Crippen molar-refractivity contribution in [1.82, 2.24) is 0 Å². The van der Waals surface area contributed by atoms with Gasteiger partial charge >= 0.3 is 0 Å². The molecule has 1 rings (SSSR count). The van der Waals surface area contributed by atoms with Crippen molar-refractivity contribution in [3.63, 3.8) is 0 Å². The molecule has 0 amide bonds. The lowest BCUT2D eigenvalue weighted by Gasteiger charge is -2.05. The van der Waals surface area contributed by atoms with Crippen LogP contribution >= 0.6 is 0 Å². The van der Waals surface area contributed by atoms with Gasteiger partial charge in [-0.15, -0.1) is 0 Å². The Morgan fingerprint density at radius 2 is 2.33 bits per heavy atom. The minimum Gasteiger partial charge on any atom is -0.492 e. The van der Waals surface area contributed by atoms with Crippen LogP contribution in [0.25, 0.3) is 0 Å². The lowest BCUT2D eigenvalue weighted by molar-refractivity contribution is 0.339. The first-order valence-electron chi connectivity index (χ1n) is 3.77. The third-order valence-corrected chi connectivity index (χ3v) is 1.52. The highest BCUT2D eigenvalue weighted by Crippen LogP contribution is 2.20. The SMILES string of the molecule is [CH2]c1cccc(OCC)c1C#N. The maximum atomic E-state index is 8.76. The minimum absolute atomic E-state index is 0.527. The van der Waals surface area contributed by atoms with Crippen LogP contribution in [0.3, 0.4) is 0 Å². The minimum atomic E-state index is 0.527. The molecule has 1 radical (unpaired) electrons.